The number of aromatic nitrogens is 2. The SMILES string of the molecule is Nc1cccc(S(=O)(=O)NCCn2ccnc2)c1[N+](=O)[O-]. The second kappa shape index (κ2) is 5.89. The lowest BCUT2D eigenvalue weighted by atomic mass is 10.3. The number of hydrogen-bond acceptors (Lipinski definition) is 6. The number of nitro groups is 1. The Morgan fingerprint density at radius 3 is 2.81 bits per heavy atom. The van der Waals surface area contributed by atoms with Gasteiger partial charge < -0.3 is 10.3 Å². The van der Waals surface area contributed by atoms with Gasteiger partial charge in [-0.1, -0.05) is 6.07 Å². The number of rotatable bonds is 6. The fraction of sp³-hybridized carbons (Fsp3) is 0.182. The topological polar surface area (TPSA) is 133 Å². The molecule has 2 aromatic rings. The number of nitrogens with two attached hydrogens (primary N) is 1. The maximum Gasteiger partial charge on any atom is 0.312 e. The van der Waals surface area contributed by atoms with Crippen molar-refractivity contribution < 1.29 is 13.3 Å². The number of imidazole rings is 1. The smallest absolute Gasteiger partial charge is 0.312 e. The van der Waals surface area contributed by atoms with Crippen LogP contribution in [-0.4, -0.2) is 29.4 Å². The third kappa shape index (κ3) is 3.35. The minimum Gasteiger partial charge on any atom is -0.393 e. The fourth-order valence-electron chi connectivity index (χ4n) is 1.76. The molecule has 1 aromatic carbocycles. The van der Waals surface area contributed by atoms with E-state index in [-0.39, 0.29) is 12.2 Å². The zero-order valence-corrected chi connectivity index (χ0v) is 11.7. The molecule has 0 saturated heterocycles. The maximum absolute atomic E-state index is 12.1. The Kier molecular flexibility index (Phi) is 4.19. The Labute approximate surface area is 120 Å². The van der Waals surface area contributed by atoms with E-state index in [0.29, 0.717) is 6.54 Å². The number of anilines is 1. The molecule has 1 heterocycles. The van der Waals surface area contributed by atoms with Gasteiger partial charge in [-0.2, -0.15) is 0 Å². The quantitative estimate of drug-likeness (QED) is 0.449. The predicted molar refractivity (Wildman–Crippen MR) is 74.9 cm³/mol. The van der Waals surface area contributed by atoms with Gasteiger partial charge >= 0.3 is 5.69 Å². The molecule has 0 bridgehead atoms. The van der Waals surface area contributed by atoms with Crippen molar-refractivity contribution in [3.8, 4) is 0 Å². The molecule has 1 aromatic heterocycles. The molecule has 21 heavy (non-hydrogen) atoms. The lowest BCUT2D eigenvalue weighted by Crippen LogP contribution is -2.28. The summed E-state index contributed by atoms with van der Waals surface area (Å²) in [5.41, 5.74) is 4.66. The monoisotopic (exact) mass is 311 g/mol. The van der Waals surface area contributed by atoms with Gasteiger partial charge in [-0.15, -0.1) is 0 Å². The van der Waals surface area contributed by atoms with Crippen molar-refractivity contribution in [2.45, 2.75) is 11.4 Å². The average Bonchev–Trinajstić information content (AvgIpc) is 2.91. The van der Waals surface area contributed by atoms with Crippen molar-refractivity contribution in [3.05, 3.63) is 47.0 Å². The number of nitrogens with one attached hydrogen (secondary N) is 1. The van der Waals surface area contributed by atoms with Crippen LogP contribution in [0.3, 0.4) is 0 Å². The average molecular weight is 311 g/mol. The summed E-state index contributed by atoms with van der Waals surface area (Å²) in [5, 5.41) is 11.0. The Bertz CT molecular complexity index is 742. The molecular formula is C11H13N5O4S. The van der Waals surface area contributed by atoms with Crippen LogP contribution in [0.5, 0.6) is 0 Å². The Balaban J connectivity index is 2.20. The molecule has 0 spiro atoms. The van der Waals surface area contributed by atoms with Gasteiger partial charge in [-0.3, -0.25) is 10.1 Å². The summed E-state index contributed by atoms with van der Waals surface area (Å²) >= 11 is 0. The molecule has 10 heteroatoms. The van der Waals surface area contributed by atoms with Crippen molar-refractivity contribution in [1.82, 2.24) is 14.3 Å². The lowest BCUT2D eigenvalue weighted by Gasteiger charge is -2.08. The van der Waals surface area contributed by atoms with Crippen LogP contribution in [0.25, 0.3) is 0 Å². The highest BCUT2D eigenvalue weighted by molar-refractivity contribution is 7.89. The Morgan fingerprint density at radius 1 is 1.43 bits per heavy atom. The normalized spacial score (nSPS) is 11.4. The van der Waals surface area contributed by atoms with Crippen molar-refractivity contribution >= 4 is 21.4 Å². The number of nitrogen functional groups attached to an aromatic ring is 1. The molecule has 0 aliphatic heterocycles. The van der Waals surface area contributed by atoms with Gasteiger partial charge in [-0.05, 0) is 12.1 Å². The first-order valence-electron chi connectivity index (χ1n) is 5.90. The molecule has 9 nitrogen and oxygen atoms in total. The summed E-state index contributed by atoms with van der Waals surface area (Å²) in [6.07, 6.45) is 4.78. The second-order valence-electron chi connectivity index (χ2n) is 4.15. The summed E-state index contributed by atoms with van der Waals surface area (Å²) in [6, 6.07) is 3.78. The summed E-state index contributed by atoms with van der Waals surface area (Å²) < 4.78 is 28.3. The second-order valence-corrected chi connectivity index (χ2v) is 5.88. The molecule has 0 radical (unpaired) electrons. The van der Waals surface area contributed by atoms with E-state index in [1.54, 1.807) is 17.0 Å². The molecule has 2 rings (SSSR count). The predicted octanol–water partition coefficient (Wildman–Crippen LogP) is 0.352. The molecule has 3 N–H and O–H groups in total. The zero-order valence-electron chi connectivity index (χ0n) is 10.8. The van der Waals surface area contributed by atoms with Crippen molar-refractivity contribution in [2.75, 3.05) is 12.3 Å². The first-order chi connectivity index (χ1) is 9.92. The van der Waals surface area contributed by atoms with Crippen LogP contribution in [0.15, 0.2) is 41.8 Å². The van der Waals surface area contributed by atoms with Gasteiger partial charge in [0.2, 0.25) is 10.0 Å². The summed E-state index contributed by atoms with van der Waals surface area (Å²) in [7, 11) is -4.02. The van der Waals surface area contributed by atoms with Crippen LogP contribution in [0, 0.1) is 10.1 Å². The lowest BCUT2D eigenvalue weighted by molar-refractivity contribution is -0.386. The van der Waals surface area contributed by atoms with E-state index in [1.807, 2.05) is 0 Å². The van der Waals surface area contributed by atoms with Crippen LogP contribution >= 0.6 is 0 Å². The summed E-state index contributed by atoms with van der Waals surface area (Å²) in [6.45, 7) is 0.431. The molecule has 0 aliphatic carbocycles. The van der Waals surface area contributed by atoms with Crippen LogP contribution in [0.1, 0.15) is 0 Å². The highest BCUT2D eigenvalue weighted by Crippen LogP contribution is 2.29. The number of nitro benzene ring substituents is 1. The molecule has 0 amide bonds. The molecule has 0 atom stereocenters. The third-order valence-corrected chi connectivity index (χ3v) is 4.22. The van der Waals surface area contributed by atoms with Crippen LogP contribution in [0.2, 0.25) is 0 Å². The van der Waals surface area contributed by atoms with Gasteiger partial charge in [0.25, 0.3) is 0 Å². The molecular weight excluding hydrogens is 298 g/mol. The third-order valence-electron chi connectivity index (χ3n) is 2.72. The standard InChI is InChI=1S/C11H13N5O4S/c12-9-2-1-3-10(11(9)16(17)18)21(19,20)14-5-7-15-6-4-13-8-15/h1-4,6,8,14H,5,7,12H2. The fourth-order valence-corrected chi connectivity index (χ4v) is 2.98. The van der Waals surface area contributed by atoms with E-state index in [2.05, 4.69) is 9.71 Å². The Morgan fingerprint density at radius 2 is 2.19 bits per heavy atom. The molecule has 0 aliphatic rings. The first kappa shape index (κ1) is 14.9. The molecule has 0 unspecified atom stereocenters. The van der Waals surface area contributed by atoms with E-state index < -0.39 is 25.5 Å². The molecule has 0 saturated carbocycles. The van der Waals surface area contributed by atoms with E-state index in [0.717, 1.165) is 6.07 Å². The largest absolute Gasteiger partial charge is 0.393 e. The van der Waals surface area contributed by atoms with Crippen LogP contribution in [0.4, 0.5) is 11.4 Å². The number of sulfonamides is 1. The molecule has 112 valence electrons. The van der Waals surface area contributed by atoms with Crippen LogP contribution in [-0.2, 0) is 16.6 Å². The van der Waals surface area contributed by atoms with E-state index >= 15 is 0 Å². The highest BCUT2D eigenvalue weighted by Gasteiger charge is 2.27. The number of para-hydroxylation sites is 1. The zero-order chi connectivity index (χ0) is 15.5. The van der Waals surface area contributed by atoms with Gasteiger partial charge in [0.15, 0.2) is 4.90 Å². The van der Waals surface area contributed by atoms with Crippen LogP contribution < -0.4 is 10.5 Å². The van der Waals surface area contributed by atoms with Gasteiger partial charge in [0.05, 0.1) is 11.3 Å². The number of nitrogens with zero attached hydrogens (tertiary/aromatic N) is 3. The number of benzene rings is 1. The minimum atomic E-state index is -4.02. The molecule has 0 fully saturated rings. The summed E-state index contributed by atoms with van der Waals surface area (Å²) in [4.78, 5) is 13.5. The highest BCUT2D eigenvalue weighted by atomic mass is 32.2. The Hall–Kier alpha value is -2.46. The number of hydrogen-bond donors (Lipinski definition) is 2. The maximum atomic E-state index is 12.1. The first-order valence-corrected chi connectivity index (χ1v) is 7.38. The van der Waals surface area contributed by atoms with Crippen molar-refractivity contribution in [1.29, 1.82) is 0 Å². The van der Waals surface area contributed by atoms with E-state index in [4.69, 9.17) is 5.73 Å². The van der Waals surface area contributed by atoms with Gasteiger partial charge in [-0.25, -0.2) is 18.1 Å². The summed E-state index contributed by atoms with van der Waals surface area (Å²) in [5.74, 6) is 0. The van der Waals surface area contributed by atoms with E-state index in [1.165, 1.54) is 18.5 Å². The minimum absolute atomic E-state index is 0.0741. The van der Waals surface area contributed by atoms with Crippen molar-refractivity contribution in [3.63, 3.8) is 0 Å². The van der Waals surface area contributed by atoms with Gasteiger partial charge in [0.1, 0.15) is 5.69 Å². The van der Waals surface area contributed by atoms with Gasteiger partial charge in [0, 0.05) is 25.5 Å². The van der Waals surface area contributed by atoms with Crippen molar-refractivity contribution in [2.24, 2.45) is 0 Å². The van der Waals surface area contributed by atoms with E-state index in [9.17, 15) is 18.5 Å².